The standard InChI is InChI=1S/C15H10ClF3N6O2/c1-24(12-3-2-4-13(21-12)25-8-20-22-23-25)14(26)27-11-6-5-9(16)7-10(11)15(17,18)19/h2-8H,1H3. The van der Waals surface area contributed by atoms with Gasteiger partial charge >= 0.3 is 12.3 Å². The lowest BCUT2D eigenvalue weighted by Crippen LogP contribution is -2.31. The lowest BCUT2D eigenvalue weighted by molar-refractivity contribution is -0.138. The molecule has 8 nitrogen and oxygen atoms in total. The monoisotopic (exact) mass is 398 g/mol. The van der Waals surface area contributed by atoms with Gasteiger partial charge in [0.15, 0.2) is 5.82 Å². The fourth-order valence-electron chi connectivity index (χ4n) is 2.06. The summed E-state index contributed by atoms with van der Waals surface area (Å²) < 4.78 is 45.5. The van der Waals surface area contributed by atoms with Gasteiger partial charge in [0.1, 0.15) is 17.9 Å². The van der Waals surface area contributed by atoms with Crippen LogP contribution >= 0.6 is 11.6 Å². The van der Waals surface area contributed by atoms with Crippen LogP contribution < -0.4 is 9.64 Å². The van der Waals surface area contributed by atoms with Crippen molar-refractivity contribution in [1.82, 2.24) is 25.2 Å². The van der Waals surface area contributed by atoms with Crippen molar-refractivity contribution < 1.29 is 22.7 Å². The van der Waals surface area contributed by atoms with Crippen LogP contribution in [0.4, 0.5) is 23.8 Å². The summed E-state index contributed by atoms with van der Waals surface area (Å²) in [4.78, 5) is 17.4. The van der Waals surface area contributed by atoms with Crippen molar-refractivity contribution in [2.24, 2.45) is 0 Å². The maximum absolute atomic E-state index is 13.1. The highest BCUT2D eigenvalue weighted by Gasteiger charge is 2.35. The van der Waals surface area contributed by atoms with Gasteiger partial charge in [-0.3, -0.25) is 4.90 Å². The number of aromatic nitrogens is 5. The number of nitrogens with zero attached hydrogens (tertiary/aromatic N) is 6. The first-order valence-corrected chi connectivity index (χ1v) is 7.66. The van der Waals surface area contributed by atoms with E-state index >= 15 is 0 Å². The van der Waals surface area contributed by atoms with Gasteiger partial charge in [-0.1, -0.05) is 17.7 Å². The molecule has 0 radical (unpaired) electrons. The van der Waals surface area contributed by atoms with E-state index < -0.39 is 23.6 Å². The topological polar surface area (TPSA) is 86.0 Å². The van der Waals surface area contributed by atoms with Crippen LogP contribution in [0.15, 0.2) is 42.7 Å². The molecule has 0 fully saturated rings. The molecule has 12 heteroatoms. The van der Waals surface area contributed by atoms with E-state index in [2.05, 4.69) is 20.5 Å². The molecule has 3 aromatic rings. The summed E-state index contributed by atoms with van der Waals surface area (Å²) in [6.07, 6.45) is -4.50. The number of tetrazole rings is 1. The summed E-state index contributed by atoms with van der Waals surface area (Å²) in [6.45, 7) is 0. The number of hydrogen-bond donors (Lipinski definition) is 0. The predicted molar refractivity (Wildman–Crippen MR) is 87.8 cm³/mol. The molecule has 27 heavy (non-hydrogen) atoms. The number of benzene rings is 1. The second kappa shape index (κ2) is 7.19. The Morgan fingerprint density at radius 3 is 2.70 bits per heavy atom. The van der Waals surface area contributed by atoms with Crippen molar-refractivity contribution in [2.45, 2.75) is 6.18 Å². The smallest absolute Gasteiger partial charge is 0.409 e. The molecule has 140 valence electrons. The quantitative estimate of drug-likeness (QED) is 0.672. The van der Waals surface area contributed by atoms with Gasteiger partial charge in [-0.15, -0.1) is 5.10 Å². The van der Waals surface area contributed by atoms with E-state index in [0.29, 0.717) is 11.9 Å². The fourth-order valence-corrected chi connectivity index (χ4v) is 2.23. The molecule has 0 aliphatic carbocycles. The molecular formula is C15H10ClF3N6O2. The van der Waals surface area contributed by atoms with E-state index in [1.54, 1.807) is 12.1 Å². The molecule has 1 aromatic carbocycles. The number of anilines is 1. The van der Waals surface area contributed by atoms with E-state index in [4.69, 9.17) is 16.3 Å². The Hall–Kier alpha value is -3.21. The lowest BCUT2D eigenvalue weighted by Gasteiger charge is -2.18. The Morgan fingerprint density at radius 1 is 1.26 bits per heavy atom. The Kier molecular flexibility index (Phi) is 4.95. The zero-order valence-corrected chi connectivity index (χ0v) is 14.3. The van der Waals surface area contributed by atoms with Gasteiger partial charge in [0.2, 0.25) is 0 Å². The minimum Gasteiger partial charge on any atom is -0.409 e. The minimum absolute atomic E-state index is 0.121. The van der Waals surface area contributed by atoms with Crippen LogP contribution in [-0.2, 0) is 6.18 Å². The van der Waals surface area contributed by atoms with E-state index in [0.717, 1.165) is 11.0 Å². The number of alkyl halides is 3. The first kappa shape index (κ1) is 18.6. The molecular weight excluding hydrogens is 389 g/mol. The van der Waals surface area contributed by atoms with E-state index in [1.807, 2.05) is 0 Å². The molecule has 1 amide bonds. The summed E-state index contributed by atoms with van der Waals surface area (Å²) in [5.41, 5.74) is -1.16. The summed E-state index contributed by atoms with van der Waals surface area (Å²) in [6, 6.07) is 7.48. The molecule has 0 saturated carbocycles. The lowest BCUT2D eigenvalue weighted by atomic mass is 10.2. The predicted octanol–water partition coefficient (Wildman–Crippen LogP) is 3.36. The molecule has 0 bridgehead atoms. The zero-order valence-electron chi connectivity index (χ0n) is 13.6. The van der Waals surface area contributed by atoms with Crippen molar-refractivity contribution >= 4 is 23.5 Å². The normalized spacial score (nSPS) is 11.3. The van der Waals surface area contributed by atoms with E-state index in [-0.39, 0.29) is 10.8 Å². The molecule has 0 unspecified atom stereocenters. The molecule has 0 N–H and O–H groups in total. The summed E-state index contributed by atoms with van der Waals surface area (Å²) in [5, 5.41) is 10.5. The number of ether oxygens (including phenoxy) is 1. The summed E-state index contributed by atoms with van der Waals surface area (Å²) in [7, 11) is 1.30. The number of hydrogen-bond acceptors (Lipinski definition) is 6. The maximum Gasteiger partial charge on any atom is 0.420 e. The van der Waals surface area contributed by atoms with Crippen LogP contribution in [0.25, 0.3) is 5.82 Å². The molecule has 0 aliphatic heterocycles. The third-order valence-corrected chi connectivity index (χ3v) is 3.60. The highest BCUT2D eigenvalue weighted by molar-refractivity contribution is 6.30. The van der Waals surface area contributed by atoms with Crippen molar-refractivity contribution in [3.05, 3.63) is 53.3 Å². The Bertz CT molecular complexity index is 964. The van der Waals surface area contributed by atoms with Crippen molar-refractivity contribution in [3.8, 4) is 11.6 Å². The molecule has 0 spiro atoms. The van der Waals surface area contributed by atoms with Gasteiger partial charge in [0, 0.05) is 12.1 Å². The third kappa shape index (κ3) is 4.14. The molecule has 2 aromatic heterocycles. The van der Waals surface area contributed by atoms with E-state index in [9.17, 15) is 18.0 Å². The van der Waals surface area contributed by atoms with Crippen molar-refractivity contribution in [1.29, 1.82) is 0 Å². The molecule has 3 rings (SSSR count). The zero-order chi connectivity index (χ0) is 19.6. The Morgan fingerprint density at radius 2 is 2.04 bits per heavy atom. The van der Waals surface area contributed by atoms with Crippen LogP contribution in [-0.4, -0.2) is 38.3 Å². The van der Waals surface area contributed by atoms with Crippen LogP contribution in [0.5, 0.6) is 5.75 Å². The average molecular weight is 399 g/mol. The van der Waals surface area contributed by atoms with Gasteiger partial charge < -0.3 is 4.74 Å². The molecule has 0 aliphatic rings. The highest BCUT2D eigenvalue weighted by atomic mass is 35.5. The average Bonchev–Trinajstić information content (AvgIpc) is 3.16. The number of carbonyl (C=O) groups excluding carboxylic acids is 1. The molecule has 2 heterocycles. The molecule has 0 atom stereocenters. The van der Waals surface area contributed by atoms with Gasteiger partial charge in [0.25, 0.3) is 0 Å². The second-order valence-corrected chi connectivity index (χ2v) is 5.61. The van der Waals surface area contributed by atoms with Gasteiger partial charge in [-0.2, -0.15) is 17.9 Å². The van der Waals surface area contributed by atoms with Gasteiger partial charge in [0.05, 0.1) is 5.56 Å². The minimum atomic E-state index is -4.74. The third-order valence-electron chi connectivity index (χ3n) is 3.37. The SMILES string of the molecule is CN(C(=O)Oc1ccc(Cl)cc1C(F)(F)F)c1cccc(-n2cnnn2)n1. The first-order chi connectivity index (χ1) is 12.8. The second-order valence-electron chi connectivity index (χ2n) is 5.17. The highest BCUT2D eigenvalue weighted by Crippen LogP contribution is 2.38. The number of amides is 1. The van der Waals surface area contributed by atoms with Crippen LogP contribution in [0.3, 0.4) is 0 Å². The molecule has 0 saturated heterocycles. The van der Waals surface area contributed by atoms with Crippen molar-refractivity contribution in [3.63, 3.8) is 0 Å². The number of pyridine rings is 1. The first-order valence-electron chi connectivity index (χ1n) is 7.28. The van der Waals surface area contributed by atoms with Crippen LogP contribution in [0.2, 0.25) is 5.02 Å². The van der Waals surface area contributed by atoms with Crippen LogP contribution in [0, 0.1) is 0 Å². The fraction of sp³-hybridized carbons (Fsp3) is 0.133. The van der Waals surface area contributed by atoms with Crippen molar-refractivity contribution in [2.75, 3.05) is 11.9 Å². The van der Waals surface area contributed by atoms with Gasteiger partial charge in [-0.05, 0) is 40.8 Å². The number of halogens is 4. The largest absolute Gasteiger partial charge is 0.420 e. The summed E-state index contributed by atoms with van der Waals surface area (Å²) in [5.74, 6) is -0.240. The van der Waals surface area contributed by atoms with Gasteiger partial charge in [-0.25, -0.2) is 9.78 Å². The Balaban J connectivity index is 1.84. The number of carbonyl (C=O) groups is 1. The van der Waals surface area contributed by atoms with E-state index in [1.165, 1.54) is 30.2 Å². The number of rotatable bonds is 3. The van der Waals surface area contributed by atoms with Crippen LogP contribution in [0.1, 0.15) is 5.56 Å². The summed E-state index contributed by atoms with van der Waals surface area (Å²) >= 11 is 5.60. The maximum atomic E-state index is 13.1. The Labute approximate surface area is 155 Å².